The zero-order chi connectivity index (χ0) is 12.4. The predicted octanol–water partition coefficient (Wildman–Crippen LogP) is 1.95. The Labute approximate surface area is 107 Å². The molecule has 0 aliphatic carbocycles. The Balaban J connectivity index is 1.71. The number of hydrogen-bond acceptors (Lipinski definition) is 4. The van der Waals surface area contributed by atoms with E-state index in [0.29, 0.717) is 12.2 Å². The summed E-state index contributed by atoms with van der Waals surface area (Å²) in [5.41, 5.74) is 3.94. The van der Waals surface area contributed by atoms with Crippen molar-refractivity contribution in [2.24, 2.45) is 0 Å². The summed E-state index contributed by atoms with van der Waals surface area (Å²) < 4.78 is 0. The van der Waals surface area contributed by atoms with E-state index in [1.807, 2.05) is 24.3 Å². The van der Waals surface area contributed by atoms with Crippen LogP contribution in [0.5, 0.6) is 0 Å². The number of para-hydroxylation sites is 2. The Bertz CT molecular complexity index is 641. The van der Waals surface area contributed by atoms with Crippen LogP contribution in [0.25, 0.3) is 11.0 Å². The molecule has 2 N–H and O–H groups in total. The van der Waals surface area contributed by atoms with Gasteiger partial charge in [-0.1, -0.05) is 12.1 Å². The average Bonchev–Trinajstić information content (AvgIpc) is 3.04. The molecular weight excluding hydrogens is 248 g/mol. The highest BCUT2D eigenvalue weighted by Crippen LogP contribution is 2.10. The second-order valence-electron chi connectivity index (χ2n) is 3.76. The molecule has 2 heterocycles. The second-order valence-corrected chi connectivity index (χ2v) is 4.48. The van der Waals surface area contributed by atoms with Crippen LogP contribution in [0.15, 0.2) is 35.2 Å². The number of hydrogen-bond donors (Lipinski definition) is 2. The fourth-order valence-electron chi connectivity index (χ4n) is 1.67. The number of benzene rings is 1. The molecule has 0 fully saturated rings. The predicted molar refractivity (Wildman–Crippen MR) is 69.4 cm³/mol. The van der Waals surface area contributed by atoms with Crippen LogP contribution in [0.4, 0.5) is 0 Å². The zero-order valence-corrected chi connectivity index (χ0v) is 10.2. The maximum absolute atomic E-state index is 11.7. The molecule has 5 nitrogen and oxygen atoms in total. The van der Waals surface area contributed by atoms with Crippen molar-refractivity contribution in [3.63, 3.8) is 0 Å². The number of H-pyrrole nitrogens is 1. The molecule has 3 aromatic rings. The minimum Gasteiger partial charge on any atom is -0.343 e. The van der Waals surface area contributed by atoms with Crippen molar-refractivity contribution in [1.29, 1.82) is 0 Å². The number of nitrogens with one attached hydrogen (secondary N) is 2. The van der Waals surface area contributed by atoms with Crippen molar-refractivity contribution < 1.29 is 4.79 Å². The molecule has 0 unspecified atom stereocenters. The number of thiazole rings is 1. The third-order valence-corrected chi connectivity index (χ3v) is 3.11. The topological polar surface area (TPSA) is 70.7 Å². The monoisotopic (exact) mass is 258 g/mol. The molecule has 0 spiro atoms. The van der Waals surface area contributed by atoms with Gasteiger partial charge >= 0.3 is 0 Å². The summed E-state index contributed by atoms with van der Waals surface area (Å²) in [7, 11) is 0. The molecule has 0 aliphatic rings. The summed E-state index contributed by atoms with van der Waals surface area (Å²) in [5.74, 6) is 0.552. The Morgan fingerprint density at radius 2 is 2.28 bits per heavy atom. The first-order valence-electron chi connectivity index (χ1n) is 5.43. The third-order valence-electron chi connectivity index (χ3n) is 2.52. The molecule has 0 radical (unpaired) electrons. The van der Waals surface area contributed by atoms with Gasteiger partial charge in [-0.2, -0.15) is 0 Å². The van der Waals surface area contributed by atoms with Crippen LogP contribution < -0.4 is 5.32 Å². The molecular formula is C12H10N4OS. The zero-order valence-electron chi connectivity index (χ0n) is 9.38. The lowest BCUT2D eigenvalue weighted by Gasteiger charge is -1.99. The molecule has 0 bridgehead atoms. The van der Waals surface area contributed by atoms with Crippen molar-refractivity contribution in [2.75, 3.05) is 0 Å². The van der Waals surface area contributed by atoms with E-state index in [1.165, 1.54) is 11.3 Å². The maximum Gasteiger partial charge on any atom is 0.271 e. The van der Waals surface area contributed by atoms with Crippen molar-refractivity contribution in [2.45, 2.75) is 6.54 Å². The molecule has 0 saturated carbocycles. The highest BCUT2D eigenvalue weighted by atomic mass is 32.1. The lowest BCUT2D eigenvalue weighted by atomic mass is 10.3. The molecule has 0 atom stereocenters. The van der Waals surface area contributed by atoms with Crippen LogP contribution in [0.1, 0.15) is 16.3 Å². The molecule has 1 aromatic carbocycles. The lowest BCUT2D eigenvalue weighted by molar-refractivity contribution is 0.0945. The quantitative estimate of drug-likeness (QED) is 0.754. The Morgan fingerprint density at radius 1 is 1.39 bits per heavy atom. The molecule has 6 heteroatoms. The van der Waals surface area contributed by atoms with Gasteiger partial charge in [-0.05, 0) is 12.1 Å². The van der Waals surface area contributed by atoms with E-state index in [4.69, 9.17) is 0 Å². The van der Waals surface area contributed by atoms with E-state index in [1.54, 1.807) is 10.9 Å². The van der Waals surface area contributed by atoms with Crippen LogP contribution in [0.3, 0.4) is 0 Å². The number of carbonyl (C=O) groups excluding carboxylic acids is 1. The number of nitrogens with zero attached hydrogens (tertiary/aromatic N) is 2. The van der Waals surface area contributed by atoms with E-state index in [-0.39, 0.29) is 5.91 Å². The van der Waals surface area contributed by atoms with Gasteiger partial charge in [0.2, 0.25) is 0 Å². The number of carbonyl (C=O) groups is 1. The highest BCUT2D eigenvalue weighted by molar-refractivity contribution is 7.07. The van der Waals surface area contributed by atoms with Crippen LogP contribution in [-0.2, 0) is 6.54 Å². The van der Waals surface area contributed by atoms with Gasteiger partial charge in [-0.25, -0.2) is 9.97 Å². The van der Waals surface area contributed by atoms with Crippen LogP contribution in [0, 0.1) is 0 Å². The van der Waals surface area contributed by atoms with Gasteiger partial charge < -0.3 is 10.3 Å². The first kappa shape index (κ1) is 10.9. The van der Waals surface area contributed by atoms with Gasteiger partial charge in [0.05, 0.1) is 23.1 Å². The fraction of sp³-hybridized carbons (Fsp3) is 0.0833. The highest BCUT2D eigenvalue weighted by Gasteiger charge is 2.08. The van der Waals surface area contributed by atoms with E-state index < -0.39 is 0 Å². The number of aromatic amines is 1. The summed E-state index contributed by atoms with van der Waals surface area (Å²) in [6.07, 6.45) is 0. The maximum atomic E-state index is 11.7. The SMILES string of the molecule is O=C(NCc1nc2ccccc2[nH]1)c1cscn1. The number of rotatable bonds is 3. The number of imidazole rings is 1. The Hall–Kier alpha value is -2.21. The Kier molecular flexibility index (Phi) is 2.77. The van der Waals surface area contributed by atoms with E-state index in [2.05, 4.69) is 20.3 Å². The summed E-state index contributed by atoms with van der Waals surface area (Å²) in [5, 5.41) is 4.49. The van der Waals surface area contributed by atoms with Crippen LogP contribution >= 0.6 is 11.3 Å². The van der Waals surface area contributed by atoms with Crippen molar-refractivity contribution in [3.05, 3.63) is 46.7 Å². The molecule has 0 saturated heterocycles. The largest absolute Gasteiger partial charge is 0.343 e. The van der Waals surface area contributed by atoms with Crippen molar-refractivity contribution >= 4 is 28.3 Å². The molecule has 0 aliphatic heterocycles. The first-order valence-corrected chi connectivity index (χ1v) is 6.37. The number of amides is 1. The van der Waals surface area contributed by atoms with E-state index in [0.717, 1.165) is 16.9 Å². The van der Waals surface area contributed by atoms with Gasteiger partial charge in [-0.3, -0.25) is 4.79 Å². The lowest BCUT2D eigenvalue weighted by Crippen LogP contribution is -2.23. The summed E-state index contributed by atoms with van der Waals surface area (Å²) in [6, 6.07) is 7.75. The first-order chi connectivity index (χ1) is 8.83. The standard InChI is InChI=1S/C12H10N4OS/c17-12(10-6-18-7-14-10)13-5-11-15-8-3-1-2-4-9(8)16-11/h1-4,6-7H,5H2,(H,13,17)(H,15,16). The number of aromatic nitrogens is 3. The van der Waals surface area contributed by atoms with Crippen LogP contribution in [-0.4, -0.2) is 20.9 Å². The van der Waals surface area contributed by atoms with Crippen LogP contribution in [0.2, 0.25) is 0 Å². The van der Waals surface area contributed by atoms with Gasteiger partial charge in [0.1, 0.15) is 11.5 Å². The van der Waals surface area contributed by atoms with E-state index in [9.17, 15) is 4.79 Å². The van der Waals surface area contributed by atoms with Gasteiger partial charge in [-0.15, -0.1) is 11.3 Å². The molecule has 18 heavy (non-hydrogen) atoms. The minimum absolute atomic E-state index is 0.184. The van der Waals surface area contributed by atoms with Gasteiger partial charge in [0.25, 0.3) is 5.91 Å². The van der Waals surface area contributed by atoms with Crippen molar-refractivity contribution in [1.82, 2.24) is 20.3 Å². The minimum atomic E-state index is -0.184. The normalized spacial score (nSPS) is 10.7. The Morgan fingerprint density at radius 3 is 3.06 bits per heavy atom. The van der Waals surface area contributed by atoms with E-state index >= 15 is 0 Å². The van der Waals surface area contributed by atoms with Gasteiger partial charge in [0.15, 0.2) is 0 Å². The van der Waals surface area contributed by atoms with Gasteiger partial charge in [0, 0.05) is 5.38 Å². The smallest absolute Gasteiger partial charge is 0.271 e. The summed E-state index contributed by atoms with van der Waals surface area (Å²) in [6.45, 7) is 0.366. The molecule has 3 rings (SSSR count). The second kappa shape index (κ2) is 4.58. The molecule has 1 amide bonds. The molecule has 2 aromatic heterocycles. The number of fused-ring (bicyclic) bond motifs is 1. The average molecular weight is 258 g/mol. The summed E-state index contributed by atoms with van der Waals surface area (Å²) in [4.78, 5) is 23.2. The fourth-order valence-corrected chi connectivity index (χ4v) is 2.20. The summed E-state index contributed by atoms with van der Waals surface area (Å²) >= 11 is 1.40. The third kappa shape index (κ3) is 2.10. The van der Waals surface area contributed by atoms with Crippen molar-refractivity contribution in [3.8, 4) is 0 Å². The molecule has 90 valence electrons.